The Morgan fingerprint density at radius 2 is 1.94 bits per heavy atom. The summed E-state index contributed by atoms with van der Waals surface area (Å²) in [5.74, 6) is 1.32. The van der Waals surface area contributed by atoms with Crippen LogP contribution in [0, 0.1) is 27.7 Å². The number of nitrogens with zero attached hydrogens (tertiary/aromatic N) is 3. The fraction of sp³-hybridized carbons (Fsp3) is 0.364. The summed E-state index contributed by atoms with van der Waals surface area (Å²) in [6.07, 6.45) is 0. The van der Waals surface area contributed by atoms with Crippen molar-refractivity contribution in [2.75, 3.05) is 16.4 Å². The van der Waals surface area contributed by atoms with Crippen molar-refractivity contribution in [1.29, 1.82) is 0 Å². The molecule has 2 amide bonds. The first-order valence-corrected chi connectivity index (χ1v) is 11.6. The standard InChI is InChI=1S/C22H26ClN5O3S/c1-12-8-13(2)28(26-12)15(4)22(30)25-20-7-6-17(9-19(20)23)24-21(29)11-32-10-18-14(3)27-31-16(18)5/h6-9,15H,10-11H2,1-5H3,(H,24,29)(H,25,30). The quantitative estimate of drug-likeness (QED) is 0.483. The second-order valence-electron chi connectivity index (χ2n) is 7.58. The molecule has 1 aromatic carbocycles. The number of thioether (sulfide) groups is 1. The molecule has 0 spiro atoms. The lowest BCUT2D eigenvalue weighted by atomic mass is 10.2. The zero-order valence-electron chi connectivity index (χ0n) is 18.7. The number of hydrogen-bond donors (Lipinski definition) is 2. The average molecular weight is 476 g/mol. The summed E-state index contributed by atoms with van der Waals surface area (Å²) in [5.41, 5.74) is 4.64. The molecule has 2 N–H and O–H groups in total. The monoisotopic (exact) mass is 475 g/mol. The molecule has 1 unspecified atom stereocenters. The number of rotatable bonds is 8. The molecule has 3 rings (SSSR count). The topological polar surface area (TPSA) is 102 Å². The van der Waals surface area contributed by atoms with Crippen molar-refractivity contribution in [3.05, 3.63) is 57.7 Å². The van der Waals surface area contributed by atoms with Crippen molar-refractivity contribution in [3.63, 3.8) is 0 Å². The zero-order valence-corrected chi connectivity index (χ0v) is 20.2. The largest absolute Gasteiger partial charge is 0.361 e. The van der Waals surface area contributed by atoms with Crippen molar-refractivity contribution in [3.8, 4) is 0 Å². The fourth-order valence-corrected chi connectivity index (χ4v) is 4.44. The Morgan fingerprint density at radius 1 is 1.19 bits per heavy atom. The molecule has 10 heteroatoms. The Labute approximate surface area is 196 Å². The highest BCUT2D eigenvalue weighted by Crippen LogP contribution is 2.27. The highest BCUT2D eigenvalue weighted by atomic mass is 35.5. The van der Waals surface area contributed by atoms with E-state index in [4.69, 9.17) is 16.1 Å². The molecular formula is C22H26ClN5O3S. The molecule has 0 bridgehead atoms. The van der Waals surface area contributed by atoms with Gasteiger partial charge in [0.25, 0.3) is 0 Å². The Morgan fingerprint density at radius 3 is 2.53 bits per heavy atom. The van der Waals surface area contributed by atoms with Crippen LogP contribution in [0.4, 0.5) is 11.4 Å². The fourth-order valence-electron chi connectivity index (χ4n) is 3.23. The van der Waals surface area contributed by atoms with Gasteiger partial charge >= 0.3 is 0 Å². The van der Waals surface area contributed by atoms with Crippen LogP contribution >= 0.6 is 23.4 Å². The number of benzene rings is 1. The third-order valence-electron chi connectivity index (χ3n) is 4.96. The van der Waals surface area contributed by atoms with Gasteiger partial charge in [0.1, 0.15) is 11.8 Å². The van der Waals surface area contributed by atoms with Gasteiger partial charge in [-0.05, 0) is 58.9 Å². The molecule has 0 aliphatic carbocycles. The lowest BCUT2D eigenvalue weighted by Gasteiger charge is -2.16. The molecule has 2 aromatic heterocycles. The van der Waals surface area contributed by atoms with Gasteiger partial charge in [0.15, 0.2) is 0 Å². The summed E-state index contributed by atoms with van der Waals surface area (Å²) in [7, 11) is 0. The van der Waals surface area contributed by atoms with Gasteiger partial charge in [0, 0.05) is 22.7 Å². The maximum Gasteiger partial charge on any atom is 0.248 e. The molecule has 170 valence electrons. The second kappa shape index (κ2) is 10.2. The van der Waals surface area contributed by atoms with Gasteiger partial charge in [-0.1, -0.05) is 16.8 Å². The van der Waals surface area contributed by atoms with Crippen molar-refractivity contribution < 1.29 is 14.1 Å². The molecule has 0 aliphatic heterocycles. The van der Waals surface area contributed by atoms with Gasteiger partial charge in [-0.15, -0.1) is 11.8 Å². The number of carbonyl (C=O) groups is 2. The summed E-state index contributed by atoms with van der Waals surface area (Å²) in [6, 6.07) is 6.41. The van der Waals surface area contributed by atoms with Gasteiger partial charge in [0.05, 0.1) is 27.9 Å². The molecule has 0 fully saturated rings. The van der Waals surface area contributed by atoms with Crippen LogP contribution in [0.1, 0.15) is 41.4 Å². The number of aromatic nitrogens is 3. The van der Waals surface area contributed by atoms with Gasteiger partial charge in [-0.2, -0.15) is 5.10 Å². The number of anilines is 2. The lowest BCUT2D eigenvalue weighted by molar-refractivity contribution is -0.119. The third kappa shape index (κ3) is 5.72. The number of carbonyl (C=O) groups excluding carboxylic acids is 2. The average Bonchev–Trinajstić information content (AvgIpc) is 3.24. The summed E-state index contributed by atoms with van der Waals surface area (Å²) in [4.78, 5) is 24.9. The maximum atomic E-state index is 12.6. The normalized spacial score (nSPS) is 11.9. The van der Waals surface area contributed by atoms with E-state index < -0.39 is 6.04 Å². The van der Waals surface area contributed by atoms with Crippen molar-refractivity contribution >= 4 is 46.6 Å². The minimum Gasteiger partial charge on any atom is -0.361 e. The van der Waals surface area contributed by atoms with E-state index in [1.54, 1.807) is 29.8 Å². The van der Waals surface area contributed by atoms with Gasteiger partial charge in [-0.3, -0.25) is 14.3 Å². The number of hydrogen-bond acceptors (Lipinski definition) is 6. The Hall–Kier alpha value is -2.78. The maximum absolute atomic E-state index is 12.6. The Bertz CT molecular complexity index is 1120. The van der Waals surface area contributed by atoms with Crippen molar-refractivity contribution in [2.24, 2.45) is 0 Å². The molecule has 2 heterocycles. The lowest BCUT2D eigenvalue weighted by Crippen LogP contribution is -2.25. The van der Waals surface area contributed by atoms with Gasteiger partial charge in [0.2, 0.25) is 11.8 Å². The highest BCUT2D eigenvalue weighted by molar-refractivity contribution is 7.99. The van der Waals surface area contributed by atoms with E-state index in [-0.39, 0.29) is 17.6 Å². The van der Waals surface area contributed by atoms with Crippen LogP contribution in [-0.4, -0.2) is 32.5 Å². The molecule has 0 saturated carbocycles. The van der Waals surface area contributed by atoms with Crippen LogP contribution in [0.5, 0.6) is 0 Å². The Balaban J connectivity index is 1.54. The summed E-state index contributed by atoms with van der Waals surface area (Å²) >= 11 is 7.81. The SMILES string of the molecule is Cc1cc(C)n(C(C)C(=O)Nc2ccc(NC(=O)CSCc3c(C)noc3C)cc2Cl)n1. The molecule has 0 saturated heterocycles. The first kappa shape index (κ1) is 23.9. The van der Waals surface area contributed by atoms with E-state index in [0.717, 1.165) is 28.4 Å². The van der Waals surface area contributed by atoms with Crippen LogP contribution < -0.4 is 10.6 Å². The third-order valence-corrected chi connectivity index (χ3v) is 6.23. The van der Waals surface area contributed by atoms with Gasteiger partial charge < -0.3 is 15.2 Å². The van der Waals surface area contributed by atoms with E-state index >= 15 is 0 Å². The van der Waals surface area contributed by atoms with E-state index in [2.05, 4.69) is 20.9 Å². The van der Waals surface area contributed by atoms with Crippen molar-refractivity contribution in [1.82, 2.24) is 14.9 Å². The van der Waals surface area contributed by atoms with Crippen LogP contribution in [0.25, 0.3) is 0 Å². The van der Waals surface area contributed by atoms with Gasteiger partial charge in [-0.25, -0.2) is 0 Å². The van der Waals surface area contributed by atoms with Crippen molar-refractivity contribution in [2.45, 2.75) is 46.4 Å². The first-order chi connectivity index (χ1) is 15.2. The highest BCUT2D eigenvalue weighted by Gasteiger charge is 2.19. The number of aryl methyl sites for hydroxylation is 4. The second-order valence-corrected chi connectivity index (χ2v) is 8.97. The number of halogens is 1. The van der Waals surface area contributed by atoms with Crippen LogP contribution in [0.15, 0.2) is 28.8 Å². The van der Waals surface area contributed by atoms with Crippen LogP contribution in [-0.2, 0) is 15.3 Å². The van der Waals surface area contributed by atoms with E-state index in [1.165, 1.54) is 11.8 Å². The zero-order chi connectivity index (χ0) is 23.4. The molecule has 8 nitrogen and oxygen atoms in total. The first-order valence-electron chi connectivity index (χ1n) is 10.1. The minimum absolute atomic E-state index is 0.146. The molecule has 3 aromatic rings. The summed E-state index contributed by atoms with van der Waals surface area (Å²) in [6.45, 7) is 9.30. The predicted molar refractivity (Wildman–Crippen MR) is 127 cm³/mol. The molecule has 1 atom stereocenters. The molecular weight excluding hydrogens is 450 g/mol. The Kier molecular flexibility index (Phi) is 7.63. The predicted octanol–water partition coefficient (Wildman–Crippen LogP) is 4.83. The molecule has 32 heavy (non-hydrogen) atoms. The van der Waals surface area contributed by atoms with E-state index in [0.29, 0.717) is 22.2 Å². The molecule has 0 aliphatic rings. The van der Waals surface area contributed by atoms with Crippen LogP contribution in [0.2, 0.25) is 5.02 Å². The summed E-state index contributed by atoms with van der Waals surface area (Å²) in [5, 5.41) is 14.2. The number of amides is 2. The molecule has 0 radical (unpaired) electrons. The number of nitrogens with one attached hydrogen (secondary N) is 2. The smallest absolute Gasteiger partial charge is 0.248 e. The van der Waals surface area contributed by atoms with E-state index in [9.17, 15) is 9.59 Å². The summed E-state index contributed by atoms with van der Waals surface area (Å²) < 4.78 is 6.81. The minimum atomic E-state index is -0.492. The van der Waals surface area contributed by atoms with E-state index in [1.807, 2.05) is 33.8 Å². The van der Waals surface area contributed by atoms with Crippen LogP contribution in [0.3, 0.4) is 0 Å².